The molecule has 1 aliphatic rings. The number of hydrogen-bond acceptors (Lipinski definition) is 4. The van der Waals surface area contributed by atoms with Gasteiger partial charge in [-0.15, -0.1) is 0 Å². The van der Waals surface area contributed by atoms with Crippen molar-refractivity contribution in [3.8, 4) is 0 Å². The van der Waals surface area contributed by atoms with Crippen LogP contribution in [0, 0.1) is 5.92 Å². The Morgan fingerprint density at radius 3 is 2.65 bits per heavy atom. The summed E-state index contributed by atoms with van der Waals surface area (Å²) in [7, 11) is 0. The fourth-order valence-corrected chi connectivity index (χ4v) is 2.28. The molecule has 0 spiro atoms. The molecule has 1 heterocycles. The quantitative estimate of drug-likeness (QED) is 0.784. The predicted octanol–water partition coefficient (Wildman–Crippen LogP) is 0.926. The van der Waals surface area contributed by atoms with Gasteiger partial charge in [0.1, 0.15) is 6.61 Å². The van der Waals surface area contributed by atoms with Crippen LogP contribution in [0.25, 0.3) is 0 Å². The zero-order chi connectivity index (χ0) is 14.5. The molecular formula is C15H20N2O3. The van der Waals surface area contributed by atoms with Crippen LogP contribution >= 0.6 is 0 Å². The van der Waals surface area contributed by atoms with Crippen LogP contribution in [-0.4, -0.2) is 35.9 Å². The highest BCUT2D eigenvalue weighted by Crippen LogP contribution is 2.19. The molecule has 0 aromatic heterocycles. The molecule has 0 radical (unpaired) electrons. The van der Waals surface area contributed by atoms with Gasteiger partial charge in [0.25, 0.3) is 0 Å². The molecule has 5 nitrogen and oxygen atoms in total. The fourth-order valence-electron chi connectivity index (χ4n) is 2.28. The SMILES string of the molecule is CC(CN1CCC1C(N)=O)C(=O)OCc1ccccc1. The molecule has 2 unspecified atom stereocenters. The number of primary amides is 1. The van der Waals surface area contributed by atoms with E-state index in [0.717, 1.165) is 18.5 Å². The Hall–Kier alpha value is -1.88. The normalized spacial score (nSPS) is 19.9. The number of rotatable bonds is 6. The summed E-state index contributed by atoms with van der Waals surface area (Å²) in [5.74, 6) is -0.828. The molecule has 0 bridgehead atoms. The molecule has 0 aliphatic carbocycles. The standard InChI is InChI=1S/C15H20N2O3/c1-11(9-17-8-7-13(17)14(16)18)15(19)20-10-12-5-3-2-4-6-12/h2-6,11,13H,7-10H2,1H3,(H2,16,18). The van der Waals surface area contributed by atoms with Gasteiger partial charge < -0.3 is 10.5 Å². The number of nitrogens with two attached hydrogens (primary N) is 1. The number of hydrogen-bond donors (Lipinski definition) is 1. The summed E-state index contributed by atoms with van der Waals surface area (Å²) >= 11 is 0. The van der Waals surface area contributed by atoms with Crippen molar-refractivity contribution >= 4 is 11.9 Å². The van der Waals surface area contributed by atoms with Gasteiger partial charge >= 0.3 is 5.97 Å². The Morgan fingerprint density at radius 2 is 2.10 bits per heavy atom. The molecule has 108 valence electrons. The van der Waals surface area contributed by atoms with Crippen molar-refractivity contribution < 1.29 is 14.3 Å². The summed E-state index contributed by atoms with van der Waals surface area (Å²) in [6.45, 7) is 3.41. The third-order valence-electron chi connectivity index (χ3n) is 3.59. The molecule has 1 aliphatic heterocycles. The smallest absolute Gasteiger partial charge is 0.310 e. The van der Waals surface area contributed by atoms with Gasteiger partial charge in [0.2, 0.25) is 5.91 Å². The number of likely N-dealkylation sites (tertiary alicyclic amines) is 1. The highest BCUT2D eigenvalue weighted by molar-refractivity contribution is 5.81. The molecule has 0 saturated carbocycles. The Labute approximate surface area is 118 Å². The highest BCUT2D eigenvalue weighted by atomic mass is 16.5. The molecule has 1 aromatic rings. The second-order valence-corrected chi connectivity index (χ2v) is 5.20. The van der Waals surface area contributed by atoms with Gasteiger partial charge in [-0.3, -0.25) is 14.5 Å². The molecule has 2 N–H and O–H groups in total. The van der Waals surface area contributed by atoms with Crippen LogP contribution in [0.1, 0.15) is 18.9 Å². The van der Waals surface area contributed by atoms with Gasteiger partial charge in [0.15, 0.2) is 0 Å². The van der Waals surface area contributed by atoms with Crippen LogP contribution in [0.2, 0.25) is 0 Å². The van der Waals surface area contributed by atoms with Crippen LogP contribution in [0.5, 0.6) is 0 Å². The maximum atomic E-state index is 11.9. The largest absolute Gasteiger partial charge is 0.461 e. The van der Waals surface area contributed by atoms with E-state index >= 15 is 0 Å². The van der Waals surface area contributed by atoms with E-state index in [9.17, 15) is 9.59 Å². The monoisotopic (exact) mass is 276 g/mol. The number of ether oxygens (including phenoxy) is 1. The van der Waals surface area contributed by atoms with E-state index < -0.39 is 0 Å². The number of nitrogens with zero attached hydrogens (tertiary/aromatic N) is 1. The van der Waals surface area contributed by atoms with E-state index in [1.807, 2.05) is 42.2 Å². The molecular weight excluding hydrogens is 256 g/mol. The van der Waals surface area contributed by atoms with Crippen LogP contribution < -0.4 is 5.73 Å². The molecule has 2 atom stereocenters. The van der Waals surface area contributed by atoms with Gasteiger partial charge in [-0.05, 0) is 12.0 Å². The van der Waals surface area contributed by atoms with Crippen molar-refractivity contribution in [3.63, 3.8) is 0 Å². The lowest BCUT2D eigenvalue weighted by Gasteiger charge is -2.39. The van der Waals surface area contributed by atoms with Crippen molar-refractivity contribution in [3.05, 3.63) is 35.9 Å². The number of benzene rings is 1. The third-order valence-corrected chi connectivity index (χ3v) is 3.59. The first-order chi connectivity index (χ1) is 9.58. The Bertz CT molecular complexity index is 475. The van der Waals surface area contributed by atoms with E-state index in [4.69, 9.17) is 10.5 Å². The number of carbonyl (C=O) groups is 2. The van der Waals surface area contributed by atoms with Crippen molar-refractivity contribution in [2.24, 2.45) is 11.7 Å². The van der Waals surface area contributed by atoms with E-state index in [0.29, 0.717) is 6.54 Å². The van der Waals surface area contributed by atoms with E-state index in [1.165, 1.54) is 0 Å². The average Bonchev–Trinajstić information content (AvgIpc) is 2.41. The van der Waals surface area contributed by atoms with Gasteiger partial charge in [-0.2, -0.15) is 0 Å². The molecule has 1 fully saturated rings. The first-order valence-electron chi connectivity index (χ1n) is 6.82. The lowest BCUT2D eigenvalue weighted by atomic mass is 10.00. The van der Waals surface area contributed by atoms with Crippen molar-refractivity contribution in [2.45, 2.75) is 26.0 Å². The first-order valence-corrected chi connectivity index (χ1v) is 6.82. The molecule has 1 saturated heterocycles. The Morgan fingerprint density at radius 1 is 1.40 bits per heavy atom. The Kier molecular flexibility index (Phi) is 4.74. The average molecular weight is 276 g/mol. The van der Waals surface area contributed by atoms with Crippen LogP contribution in [0.15, 0.2) is 30.3 Å². The predicted molar refractivity (Wildman–Crippen MR) is 74.6 cm³/mol. The van der Waals surface area contributed by atoms with Crippen molar-refractivity contribution in [1.29, 1.82) is 0 Å². The lowest BCUT2D eigenvalue weighted by Crippen LogP contribution is -2.56. The van der Waals surface area contributed by atoms with Gasteiger partial charge in [-0.1, -0.05) is 37.3 Å². The fraction of sp³-hybridized carbons (Fsp3) is 0.467. The zero-order valence-corrected chi connectivity index (χ0v) is 11.6. The van der Waals surface area contributed by atoms with Gasteiger partial charge in [0, 0.05) is 13.1 Å². The highest BCUT2D eigenvalue weighted by Gasteiger charge is 2.34. The van der Waals surface area contributed by atoms with Crippen molar-refractivity contribution in [2.75, 3.05) is 13.1 Å². The number of carbonyl (C=O) groups excluding carboxylic acids is 2. The summed E-state index contributed by atoms with van der Waals surface area (Å²) in [4.78, 5) is 24.9. The maximum absolute atomic E-state index is 11.9. The number of amides is 1. The summed E-state index contributed by atoms with van der Waals surface area (Å²) < 4.78 is 5.27. The molecule has 1 amide bonds. The number of esters is 1. The van der Waals surface area contributed by atoms with Crippen LogP contribution in [0.4, 0.5) is 0 Å². The summed E-state index contributed by atoms with van der Waals surface area (Å²) in [5.41, 5.74) is 6.24. The van der Waals surface area contributed by atoms with Gasteiger partial charge in [0.05, 0.1) is 12.0 Å². The summed E-state index contributed by atoms with van der Waals surface area (Å²) in [6.07, 6.45) is 0.779. The summed E-state index contributed by atoms with van der Waals surface area (Å²) in [5, 5.41) is 0. The molecule has 2 rings (SSSR count). The molecule has 5 heteroatoms. The second kappa shape index (κ2) is 6.52. The lowest BCUT2D eigenvalue weighted by molar-refractivity contribution is -0.151. The summed E-state index contributed by atoms with van der Waals surface area (Å²) in [6, 6.07) is 9.34. The van der Waals surface area contributed by atoms with Crippen LogP contribution in [-0.2, 0) is 20.9 Å². The topological polar surface area (TPSA) is 72.6 Å². The third kappa shape index (κ3) is 3.57. The van der Waals surface area contributed by atoms with E-state index in [-0.39, 0.29) is 30.4 Å². The maximum Gasteiger partial charge on any atom is 0.310 e. The zero-order valence-electron chi connectivity index (χ0n) is 11.6. The minimum absolute atomic E-state index is 0.223. The second-order valence-electron chi connectivity index (χ2n) is 5.20. The van der Waals surface area contributed by atoms with Crippen LogP contribution in [0.3, 0.4) is 0 Å². The van der Waals surface area contributed by atoms with Gasteiger partial charge in [-0.25, -0.2) is 0 Å². The van der Waals surface area contributed by atoms with Crippen molar-refractivity contribution in [1.82, 2.24) is 4.90 Å². The minimum atomic E-state index is -0.318. The Balaban J connectivity index is 1.76. The minimum Gasteiger partial charge on any atom is -0.461 e. The van der Waals surface area contributed by atoms with E-state index in [2.05, 4.69) is 0 Å². The molecule has 20 heavy (non-hydrogen) atoms. The van der Waals surface area contributed by atoms with E-state index in [1.54, 1.807) is 0 Å². The molecule has 1 aromatic carbocycles. The first kappa shape index (κ1) is 14.5.